The van der Waals surface area contributed by atoms with E-state index in [-0.39, 0.29) is 0 Å². The Morgan fingerprint density at radius 3 is 2.82 bits per heavy atom. The van der Waals surface area contributed by atoms with Crippen LogP contribution in [0.15, 0.2) is 41.0 Å². The maximum absolute atomic E-state index is 5.58. The van der Waals surface area contributed by atoms with Gasteiger partial charge in [-0.25, -0.2) is 0 Å². The lowest BCUT2D eigenvalue weighted by molar-refractivity contribution is 0.518. The Morgan fingerprint density at radius 1 is 1.41 bits per heavy atom. The standard InChI is InChI=1S/C13H14N2OS/c1-9-7-10(13(14)17)4-5-12(9)15-8-11-3-2-6-16-11/h2-7,15H,8H2,1H3,(H2,14,17). The van der Waals surface area contributed by atoms with Gasteiger partial charge in [0.05, 0.1) is 12.8 Å². The third-order valence-electron chi connectivity index (χ3n) is 2.54. The highest BCUT2D eigenvalue weighted by Crippen LogP contribution is 2.17. The Kier molecular flexibility index (Phi) is 3.44. The molecule has 1 heterocycles. The predicted molar refractivity (Wildman–Crippen MR) is 73.1 cm³/mol. The van der Waals surface area contributed by atoms with Gasteiger partial charge in [0.15, 0.2) is 0 Å². The second-order valence-electron chi connectivity index (χ2n) is 3.83. The van der Waals surface area contributed by atoms with Crippen molar-refractivity contribution < 1.29 is 4.42 Å². The third kappa shape index (κ3) is 2.85. The zero-order valence-corrected chi connectivity index (χ0v) is 10.4. The first-order valence-corrected chi connectivity index (χ1v) is 5.74. The molecule has 0 aliphatic rings. The molecule has 0 radical (unpaired) electrons. The normalized spacial score (nSPS) is 10.2. The Bertz CT molecular complexity index is 520. The summed E-state index contributed by atoms with van der Waals surface area (Å²) in [6.45, 7) is 2.69. The SMILES string of the molecule is Cc1cc(C(N)=S)ccc1NCc1ccco1. The summed E-state index contributed by atoms with van der Waals surface area (Å²) in [6.07, 6.45) is 1.67. The van der Waals surface area contributed by atoms with Crippen molar-refractivity contribution in [3.63, 3.8) is 0 Å². The molecule has 0 saturated carbocycles. The van der Waals surface area contributed by atoms with Crippen LogP contribution in [0.1, 0.15) is 16.9 Å². The molecule has 0 atom stereocenters. The number of furan rings is 1. The Balaban J connectivity index is 2.09. The highest BCUT2D eigenvalue weighted by molar-refractivity contribution is 7.80. The molecular weight excluding hydrogens is 232 g/mol. The minimum atomic E-state index is 0.422. The topological polar surface area (TPSA) is 51.2 Å². The number of rotatable bonds is 4. The highest BCUT2D eigenvalue weighted by atomic mass is 32.1. The van der Waals surface area contributed by atoms with Gasteiger partial charge in [-0.1, -0.05) is 12.2 Å². The van der Waals surface area contributed by atoms with E-state index in [1.54, 1.807) is 6.26 Å². The van der Waals surface area contributed by atoms with Crippen LogP contribution < -0.4 is 11.1 Å². The first-order chi connectivity index (χ1) is 8.16. The van der Waals surface area contributed by atoms with E-state index in [1.165, 1.54) is 0 Å². The second kappa shape index (κ2) is 5.01. The quantitative estimate of drug-likeness (QED) is 0.814. The molecule has 2 aromatic rings. The molecule has 0 fully saturated rings. The van der Waals surface area contributed by atoms with Gasteiger partial charge in [0, 0.05) is 11.3 Å². The lowest BCUT2D eigenvalue weighted by Gasteiger charge is -2.09. The van der Waals surface area contributed by atoms with Crippen molar-refractivity contribution in [2.75, 3.05) is 5.32 Å². The summed E-state index contributed by atoms with van der Waals surface area (Å²) < 4.78 is 5.25. The Morgan fingerprint density at radius 2 is 2.24 bits per heavy atom. The molecule has 0 unspecified atom stereocenters. The molecule has 0 saturated heterocycles. The summed E-state index contributed by atoms with van der Waals surface area (Å²) >= 11 is 4.94. The van der Waals surface area contributed by atoms with E-state index in [1.807, 2.05) is 37.3 Å². The van der Waals surface area contributed by atoms with Crippen molar-refractivity contribution in [1.29, 1.82) is 0 Å². The van der Waals surface area contributed by atoms with Crippen molar-refractivity contribution in [1.82, 2.24) is 0 Å². The van der Waals surface area contributed by atoms with Crippen molar-refractivity contribution in [3.8, 4) is 0 Å². The van der Waals surface area contributed by atoms with Crippen molar-refractivity contribution in [3.05, 3.63) is 53.5 Å². The van der Waals surface area contributed by atoms with E-state index in [4.69, 9.17) is 22.4 Å². The van der Waals surface area contributed by atoms with Crippen LogP contribution in [0.2, 0.25) is 0 Å². The number of anilines is 1. The van der Waals surface area contributed by atoms with Crippen LogP contribution in [-0.4, -0.2) is 4.99 Å². The van der Waals surface area contributed by atoms with Gasteiger partial charge in [-0.15, -0.1) is 0 Å². The van der Waals surface area contributed by atoms with Gasteiger partial charge >= 0.3 is 0 Å². The maximum Gasteiger partial charge on any atom is 0.122 e. The molecule has 1 aromatic heterocycles. The van der Waals surface area contributed by atoms with Gasteiger partial charge in [0.2, 0.25) is 0 Å². The second-order valence-corrected chi connectivity index (χ2v) is 4.27. The number of hydrogen-bond acceptors (Lipinski definition) is 3. The molecular formula is C13H14N2OS. The van der Waals surface area contributed by atoms with E-state index in [9.17, 15) is 0 Å². The van der Waals surface area contributed by atoms with Crippen LogP contribution in [0.4, 0.5) is 5.69 Å². The van der Waals surface area contributed by atoms with Crippen LogP contribution in [0, 0.1) is 6.92 Å². The van der Waals surface area contributed by atoms with Crippen LogP contribution in [0.5, 0.6) is 0 Å². The van der Waals surface area contributed by atoms with Gasteiger partial charge in [-0.2, -0.15) is 0 Å². The Hall–Kier alpha value is -1.81. The number of thiocarbonyl (C=S) groups is 1. The van der Waals surface area contributed by atoms with Crippen molar-refractivity contribution in [2.45, 2.75) is 13.5 Å². The third-order valence-corrected chi connectivity index (χ3v) is 2.78. The number of aryl methyl sites for hydroxylation is 1. The summed E-state index contributed by atoms with van der Waals surface area (Å²) in [6, 6.07) is 9.69. The first kappa shape index (κ1) is 11.7. The zero-order chi connectivity index (χ0) is 12.3. The molecule has 1 aromatic carbocycles. The van der Waals surface area contributed by atoms with Crippen molar-refractivity contribution >= 4 is 22.9 Å². The molecule has 0 aliphatic carbocycles. The van der Waals surface area contributed by atoms with E-state index < -0.39 is 0 Å². The monoisotopic (exact) mass is 246 g/mol. The van der Waals surface area contributed by atoms with Gasteiger partial charge in [-0.05, 0) is 42.8 Å². The Labute approximate surface area is 106 Å². The molecule has 0 aliphatic heterocycles. The van der Waals surface area contributed by atoms with Crippen molar-refractivity contribution in [2.24, 2.45) is 5.73 Å². The number of benzene rings is 1. The first-order valence-electron chi connectivity index (χ1n) is 5.33. The van der Waals surface area contributed by atoms with Crippen LogP contribution >= 0.6 is 12.2 Å². The minimum absolute atomic E-state index is 0.422. The molecule has 0 amide bonds. The van der Waals surface area contributed by atoms with E-state index in [0.29, 0.717) is 11.5 Å². The zero-order valence-electron chi connectivity index (χ0n) is 9.57. The average molecular weight is 246 g/mol. The van der Waals surface area contributed by atoms with E-state index >= 15 is 0 Å². The van der Waals surface area contributed by atoms with Crippen LogP contribution in [0.25, 0.3) is 0 Å². The minimum Gasteiger partial charge on any atom is -0.467 e. The summed E-state index contributed by atoms with van der Waals surface area (Å²) in [5.74, 6) is 0.905. The number of nitrogens with two attached hydrogens (primary N) is 1. The van der Waals surface area contributed by atoms with E-state index in [2.05, 4.69) is 5.32 Å². The van der Waals surface area contributed by atoms with Crippen LogP contribution in [-0.2, 0) is 6.54 Å². The maximum atomic E-state index is 5.58. The highest BCUT2D eigenvalue weighted by Gasteiger charge is 2.02. The summed E-state index contributed by atoms with van der Waals surface area (Å²) in [4.78, 5) is 0.422. The fraction of sp³-hybridized carbons (Fsp3) is 0.154. The van der Waals surface area contributed by atoms with E-state index in [0.717, 1.165) is 22.6 Å². The average Bonchev–Trinajstić information content (AvgIpc) is 2.80. The lowest BCUT2D eigenvalue weighted by atomic mass is 10.1. The molecule has 0 spiro atoms. The molecule has 3 nitrogen and oxygen atoms in total. The molecule has 2 rings (SSSR count). The lowest BCUT2D eigenvalue weighted by Crippen LogP contribution is -2.10. The molecule has 88 valence electrons. The van der Waals surface area contributed by atoms with Gasteiger partial charge in [0.25, 0.3) is 0 Å². The molecule has 0 bridgehead atoms. The van der Waals surface area contributed by atoms with Gasteiger partial charge < -0.3 is 15.5 Å². The smallest absolute Gasteiger partial charge is 0.122 e. The number of nitrogens with one attached hydrogen (secondary N) is 1. The summed E-state index contributed by atoms with van der Waals surface area (Å²) in [5, 5.41) is 3.30. The summed E-state index contributed by atoms with van der Waals surface area (Å²) in [7, 11) is 0. The predicted octanol–water partition coefficient (Wildman–Crippen LogP) is 2.83. The fourth-order valence-electron chi connectivity index (χ4n) is 1.61. The number of hydrogen-bond donors (Lipinski definition) is 2. The van der Waals surface area contributed by atoms with Crippen LogP contribution in [0.3, 0.4) is 0 Å². The summed E-state index contributed by atoms with van der Waals surface area (Å²) in [5.41, 5.74) is 8.64. The molecule has 3 N–H and O–H groups in total. The fourth-order valence-corrected chi connectivity index (χ4v) is 1.74. The largest absolute Gasteiger partial charge is 0.467 e. The van der Waals surface area contributed by atoms with Gasteiger partial charge in [0.1, 0.15) is 10.7 Å². The van der Waals surface area contributed by atoms with Gasteiger partial charge in [-0.3, -0.25) is 0 Å². The molecule has 17 heavy (non-hydrogen) atoms. The molecule has 4 heteroatoms.